The molecule has 0 saturated carbocycles. The molecular weight excluding hydrogens is 211 g/mol. The first kappa shape index (κ1) is 11.2. The van der Waals surface area contributed by atoms with Crippen LogP contribution in [-0.4, -0.2) is 30.5 Å². The molecule has 0 spiro atoms. The summed E-state index contributed by atoms with van der Waals surface area (Å²) in [5.41, 5.74) is 5.26. The van der Waals surface area contributed by atoms with E-state index in [1.807, 2.05) is 0 Å². The minimum atomic E-state index is -0.895. The minimum absolute atomic E-state index is 0.272. The van der Waals surface area contributed by atoms with Crippen LogP contribution in [0, 0.1) is 5.82 Å². The molecule has 1 heterocycles. The zero-order chi connectivity index (χ0) is 11.6. The Hall–Kier alpha value is -1.33. The summed E-state index contributed by atoms with van der Waals surface area (Å²) in [6, 6.07) is 4.42. The van der Waals surface area contributed by atoms with E-state index in [2.05, 4.69) is 5.32 Å². The quantitative estimate of drug-likeness (QED) is 0.672. The van der Waals surface area contributed by atoms with Gasteiger partial charge in [0, 0.05) is 25.3 Å². The third-order valence-corrected chi connectivity index (χ3v) is 2.68. The fourth-order valence-corrected chi connectivity index (χ4v) is 1.67. The summed E-state index contributed by atoms with van der Waals surface area (Å²) in [5.74, 6) is -0.414. The largest absolute Gasteiger partial charge is 0.399 e. The summed E-state index contributed by atoms with van der Waals surface area (Å²) < 4.78 is 18.5. The van der Waals surface area contributed by atoms with Crippen molar-refractivity contribution in [2.45, 2.75) is 12.0 Å². The van der Waals surface area contributed by atoms with Crippen LogP contribution in [-0.2, 0) is 4.74 Å². The van der Waals surface area contributed by atoms with Gasteiger partial charge >= 0.3 is 0 Å². The van der Waals surface area contributed by atoms with Gasteiger partial charge in [-0.2, -0.15) is 0 Å². The summed E-state index contributed by atoms with van der Waals surface area (Å²) in [6.45, 7) is 1.10. The monoisotopic (exact) mass is 226 g/mol. The summed E-state index contributed by atoms with van der Waals surface area (Å²) in [6.07, 6.45) is 0.566. The molecule has 1 aliphatic rings. The van der Waals surface area contributed by atoms with Gasteiger partial charge in [0.1, 0.15) is 11.4 Å². The molecular formula is C11H15FN2O2. The molecule has 1 atom stereocenters. The molecule has 1 fully saturated rings. The zero-order valence-corrected chi connectivity index (χ0v) is 8.87. The Bertz CT molecular complexity index is 378. The van der Waals surface area contributed by atoms with E-state index in [-0.39, 0.29) is 13.2 Å². The lowest BCUT2D eigenvalue weighted by Gasteiger charge is -2.21. The number of hydrogen-bond acceptors (Lipinski definition) is 4. The fourth-order valence-electron chi connectivity index (χ4n) is 1.67. The van der Waals surface area contributed by atoms with Crippen molar-refractivity contribution in [3.05, 3.63) is 24.0 Å². The minimum Gasteiger partial charge on any atom is -0.399 e. The number of nitrogen functional groups attached to an aromatic ring is 1. The van der Waals surface area contributed by atoms with E-state index >= 15 is 0 Å². The van der Waals surface area contributed by atoms with Crippen LogP contribution >= 0.6 is 0 Å². The van der Waals surface area contributed by atoms with Gasteiger partial charge in [0.2, 0.25) is 0 Å². The van der Waals surface area contributed by atoms with Crippen LogP contribution in [0.4, 0.5) is 15.8 Å². The Morgan fingerprint density at radius 1 is 1.56 bits per heavy atom. The lowest BCUT2D eigenvalue weighted by Crippen LogP contribution is -2.37. The SMILES string of the molecule is Nc1ccc(NCC2(O)CCOC2)c(F)c1. The van der Waals surface area contributed by atoms with E-state index < -0.39 is 11.4 Å². The van der Waals surface area contributed by atoms with Crippen molar-refractivity contribution in [2.75, 3.05) is 30.8 Å². The van der Waals surface area contributed by atoms with Crippen LogP contribution < -0.4 is 11.1 Å². The van der Waals surface area contributed by atoms with Gasteiger partial charge in [-0.1, -0.05) is 0 Å². The number of nitrogens with two attached hydrogens (primary N) is 1. The van der Waals surface area contributed by atoms with Gasteiger partial charge in [-0.05, 0) is 18.2 Å². The lowest BCUT2D eigenvalue weighted by molar-refractivity contribution is 0.0381. The van der Waals surface area contributed by atoms with Crippen molar-refractivity contribution in [1.82, 2.24) is 0 Å². The Balaban J connectivity index is 1.99. The molecule has 1 aromatic rings. The van der Waals surface area contributed by atoms with Gasteiger partial charge in [-0.3, -0.25) is 0 Å². The molecule has 1 aromatic carbocycles. The maximum Gasteiger partial charge on any atom is 0.148 e. The maximum atomic E-state index is 13.4. The first-order chi connectivity index (χ1) is 7.59. The van der Waals surface area contributed by atoms with E-state index in [1.165, 1.54) is 6.07 Å². The Morgan fingerprint density at radius 2 is 2.38 bits per heavy atom. The molecule has 4 nitrogen and oxygen atoms in total. The van der Waals surface area contributed by atoms with Crippen molar-refractivity contribution in [3.63, 3.8) is 0 Å². The lowest BCUT2D eigenvalue weighted by atomic mass is 10.0. The molecule has 0 radical (unpaired) electrons. The number of rotatable bonds is 3. The van der Waals surface area contributed by atoms with Crippen LogP contribution in [0.2, 0.25) is 0 Å². The molecule has 0 aromatic heterocycles. The molecule has 4 N–H and O–H groups in total. The third-order valence-electron chi connectivity index (χ3n) is 2.68. The average Bonchev–Trinajstić information content (AvgIpc) is 2.64. The van der Waals surface area contributed by atoms with Crippen molar-refractivity contribution in [2.24, 2.45) is 0 Å². The number of ether oxygens (including phenoxy) is 1. The molecule has 1 saturated heterocycles. The molecule has 88 valence electrons. The van der Waals surface area contributed by atoms with Gasteiger partial charge in [0.15, 0.2) is 0 Å². The Labute approximate surface area is 93.2 Å². The Morgan fingerprint density at radius 3 is 3.00 bits per heavy atom. The standard InChI is InChI=1S/C11H15FN2O2/c12-9-5-8(13)1-2-10(9)14-6-11(15)3-4-16-7-11/h1-2,5,14-15H,3-4,6-7,13H2. The van der Waals surface area contributed by atoms with Crippen molar-refractivity contribution in [3.8, 4) is 0 Å². The highest BCUT2D eigenvalue weighted by Gasteiger charge is 2.32. The number of aliphatic hydroxyl groups is 1. The first-order valence-corrected chi connectivity index (χ1v) is 5.18. The second-order valence-electron chi connectivity index (χ2n) is 4.12. The second-order valence-corrected chi connectivity index (χ2v) is 4.12. The second kappa shape index (κ2) is 4.27. The number of anilines is 2. The van der Waals surface area contributed by atoms with E-state index in [9.17, 15) is 9.50 Å². The smallest absolute Gasteiger partial charge is 0.148 e. The molecule has 2 rings (SSSR count). The number of benzene rings is 1. The van der Waals surface area contributed by atoms with Gasteiger partial charge in [0.05, 0.1) is 12.3 Å². The average molecular weight is 226 g/mol. The summed E-state index contributed by atoms with van der Waals surface area (Å²) in [5, 5.41) is 12.8. The van der Waals surface area contributed by atoms with Crippen molar-refractivity contribution in [1.29, 1.82) is 0 Å². The molecule has 0 aliphatic carbocycles. The summed E-state index contributed by atoms with van der Waals surface area (Å²) >= 11 is 0. The first-order valence-electron chi connectivity index (χ1n) is 5.18. The predicted molar refractivity (Wildman–Crippen MR) is 59.7 cm³/mol. The molecule has 16 heavy (non-hydrogen) atoms. The van der Waals surface area contributed by atoms with Gasteiger partial charge in [-0.15, -0.1) is 0 Å². The molecule has 0 bridgehead atoms. The van der Waals surface area contributed by atoms with E-state index in [1.54, 1.807) is 12.1 Å². The topological polar surface area (TPSA) is 67.5 Å². The highest BCUT2D eigenvalue weighted by Crippen LogP contribution is 2.21. The predicted octanol–water partition coefficient (Wildman–Crippen LogP) is 0.971. The molecule has 5 heteroatoms. The number of hydrogen-bond donors (Lipinski definition) is 3. The van der Waals surface area contributed by atoms with Crippen molar-refractivity contribution >= 4 is 11.4 Å². The van der Waals surface area contributed by atoms with E-state index in [0.29, 0.717) is 24.4 Å². The number of nitrogens with one attached hydrogen (secondary N) is 1. The van der Waals surface area contributed by atoms with Crippen LogP contribution in [0.3, 0.4) is 0 Å². The molecule has 0 amide bonds. The fraction of sp³-hybridized carbons (Fsp3) is 0.455. The molecule has 1 aliphatic heterocycles. The van der Waals surface area contributed by atoms with E-state index in [0.717, 1.165) is 0 Å². The van der Waals surface area contributed by atoms with Crippen LogP contribution in [0.15, 0.2) is 18.2 Å². The van der Waals surface area contributed by atoms with Gasteiger partial charge in [-0.25, -0.2) is 4.39 Å². The zero-order valence-electron chi connectivity index (χ0n) is 8.87. The maximum absolute atomic E-state index is 13.4. The normalized spacial score (nSPS) is 24.6. The van der Waals surface area contributed by atoms with Crippen LogP contribution in [0.5, 0.6) is 0 Å². The van der Waals surface area contributed by atoms with Crippen LogP contribution in [0.1, 0.15) is 6.42 Å². The summed E-state index contributed by atoms with van der Waals surface area (Å²) in [7, 11) is 0. The highest BCUT2D eigenvalue weighted by atomic mass is 19.1. The van der Waals surface area contributed by atoms with Crippen molar-refractivity contribution < 1.29 is 14.2 Å². The number of halogens is 1. The van der Waals surface area contributed by atoms with Gasteiger partial charge < -0.3 is 20.9 Å². The van der Waals surface area contributed by atoms with Gasteiger partial charge in [0.25, 0.3) is 0 Å². The molecule has 1 unspecified atom stereocenters. The highest BCUT2D eigenvalue weighted by molar-refractivity contribution is 5.52. The Kier molecular flexibility index (Phi) is 2.98. The van der Waals surface area contributed by atoms with E-state index in [4.69, 9.17) is 10.5 Å². The third kappa shape index (κ3) is 2.43. The summed E-state index contributed by atoms with van der Waals surface area (Å²) in [4.78, 5) is 0. The van der Waals surface area contributed by atoms with Crippen LogP contribution in [0.25, 0.3) is 0 Å².